The number of piperazine rings is 1. The van der Waals surface area contributed by atoms with E-state index in [1.807, 2.05) is 79.7 Å². The van der Waals surface area contributed by atoms with E-state index in [2.05, 4.69) is 34.2 Å². The molecule has 7 heteroatoms. The average Bonchev–Trinajstić information content (AvgIpc) is 3.49. The highest BCUT2D eigenvalue weighted by atomic mass is 16.5. The van der Waals surface area contributed by atoms with Crippen LogP contribution in [0.15, 0.2) is 123 Å². The lowest BCUT2D eigenvalue weighted by Crippen LogP contribution is -2.45. The third-order valence-electron chi connectivity index (χ3n) is 8.50. The van der Waals surface area contributed by atoms with Crippen LogP contribution in [0.3, 0.4) is 0 Å². The number of rotatable bonds is 9. The second-order valence-electron chi connectivity index (χ2n) is 11.5. The molecule has 3 heterocycles. The van der Waals surface area contributed by atoms with Gasteiger partial charge in [0.15, 0.2) is 5.76 Å². The Morgan fingerprint density at radius 1 is 0.848 bits per heavy atom. The Bertz CT molecular complexity index is 2090. The van der Waals surface area contributed by atoms with Crippen LogP contribution in [-0.2, 0) is 0 Å². The summed E-state index contributed by atoms with van der Waals surface area (Å²) >= 11 is 0. The number of furan rings is 1. The van der Waals surface area contributed by atoms with E-state index >= 15 is 0 Å². The summed E-state index contributed by atoms with van der Waals surface area (Å²) in [6, 6.07) is 32.3. The highest BCUT2D eigenvalue weighted by molar-refractivity contribution is 6.20. The zero-order chi connectivity index (χ0) is 31.5. The number of nitrogens with zero attached hydrogens (tertiary/aromatic N) is 2. The highest BCUT2D eigenvalue weighted by Crippen LogP contribution is 2.40. The van der Waals surface area contributed by atoms with Gasteiger partial charge >= 0.3 is 5.63 Å². The first-order valence-electron chi connectivity index (χ1n) is 15.6. The van der Waals surface area contributed by atoms with E-state index in [9.17, 15) is 9.59 Å². The fraction of sp³-hybridized carbons (Fsp3) is 0.179. The van der Waals surface area contributed by atoms with Gasteiger partial charge in [-0.1, -0.05) is 72.8 Å². The Hall–Kier alpha value is -5.40. The third kappa shape index (κ3) is 6.10. The zero-order valence-electron chi connectivity index (χ0n) is 25.6. The lowest BCUT2D eigenvalue weighted by molar-refractivity contribution is 0.101. The number of benzene rings is 4. The van der Waals surface area contributed by atoms with Crippen LogP contribution in [0.2, 0.25) is 0 Å². The lowest BCUT2D eigenvalue weighted by Gasteiger charge is -2.33. The molecular formula is C39H34N2O5. The third-order valence-corrected chi connectivity index (χ3v) is 8.50. The molecule has 0 spiro atoms. The van der Waals surface area contributed by atoms with Crippen molar-refractivity contribution < 1.29 is 18.4 Å². The number of hydrogen-bond acceptors (Lipinski definition) is 7. The predicted octanol–water partition coefficient (Wildman–Crippen LogP) is 7.41. The molecule has 0 aliphatic carbocycles. The van der Waals surface area contributed by atoms with E-state index in [1.54, 1.807) is 12.1 Å². The van der Waals surface area contributed by atoms with Gasteiger partial charge in [0, 0.05) is 55.3 Å². The molecule has 0 N–H and O–H groups in total. The van der Waals surface area contributed by atoms with Crippen molar-refractivity contribution in [3.8, 4) is 16.9 Å². The molecule has 0 radical (unpaired) electrons. The van der Waals surface area contributed by atoms with Crippen molar-refractivity contribution in [3.05, 3.63) is 142 Å². The molecule has 4 aromatic carbocycles. The van der Waals surface area contributed by atoms with Crippen LogP contribution in [0, 0.1) is 6.92 Å². The largest absolute Gasteiger partial charge is 0.492 e. The Labute approximate surface area is 266 Å². The zero-order valence-corrected chi connectivity index (χ0v) is 25.6. The number of ketones is 1. The van der Waals surface area contributed by atoms with Crippen molar-refractivity contribution >= 4 is 33.8 Å². The van der Waals surface area contributed by atoms with Gasteiger partial charge in [-0.15, -0.1) is 0 Å². The second kappa shape index (κ2) is 12.9. The molecule has 0 amide bonds. The monoisotopic (exact) mass is 610 g/mol. The topological polar surface area (TPSA) is 76.1 Å². The number of hydrogen-bond donors (Lipinski definition) is 0. The molecule has 0 saturated carbocycles. The van der Waals surface area contributed by atoms with E-state index in [1.165, 1.54) is 11.6 Å². The maximum atomic E-state index is 14.1. The Balaban J connectivity index is 1.08. The van der Waals surface area contributed by atoms with E-state index < -0.39 is 5.63 Å². The normalized spacial score (nSPS) is 14.0. The van der Waals surface area contributed by atoms with Crippen molar-refractivity contribution in [3.63, 3.8) is 0 Å². The quantitative estimate of drug-likeness (QED) is 0.125. The maximum Gasteiger partial charge on any atom is 0.336 e. The molecular weight excluding hydrogens is 576 g/mol. The first-order chi connectivity index (χ1) is 22.5. The first-order valence-corrected chi connectivity index (χ1v) is 15.6. The van der Waals surface area contributed by atoms with Crippen molar-refractivity contribution in [2.75, 3.05) is 39.3 Å². The number of aryl methyl sites for hydroxylation is 1. The molecule has 1 aliphatic heterocycles. The molecule has 1 fully saturated rings. The molecule has 230 valence electrons. The van der Waals surface area contributed by atoms with E-state index in [0.717, 1.165) is 49.2 Å². The number of fused-ring (bicyclic) bond motifs is 3. The minimum absolute atomic E-state index is 0.189. The summed E-state index contributed by atoms with van der Waals surface area (Å²) in [6.07, 6.45) is 4.33. The fourth-order valence-corrected chi connectivity index (χ4v) is 6.04. The molecule has 0 atom stereocenters. The van der Waals surface area contributed by atoms with Crippen LogP contribution in [0.25, 0.3) is 39.1 Å². The Kier molecular flexibility index (Phi) is 8.23. The number of carbonyl (C=O) groups excluding carboxylic acids is 1. The number of carbonyl (C=O) groups is 1. The molecule has 7 nitrogen and oxygen atoms in total. The molecule has 0 unspecified atom stereocenters. The van der Waals surface area contributed by atoms with E-state index in [0.29, 0.717) is 40.0 Å². The van der Waals surface area contributed by atoms with Gasteiger partial charge in [0.1, 0.15) is 23.5 Å². The van der Waals surface area contributed by atoms with Crippen molar-refractivity contribution in [1.29, 1.82) is 0 Å². The summed E-state index contributed by atoms with van der Waals surface area (Å²) in [4.78, 5) is 31.2. The molecule has 46 heavy (non-hydrogen) atoms. The highest BCUT2D eigenvalue weighted by Gasteiger charge is 2.26. The van der Waals surface area contributed by atoms with Crippen LogP contribution in [0.4, 0.5) is 0 Å². The maximum absolute atomic E-state index is 14.1. The lowest BCUT2D eigenvalue weighted by atomic mass is 9.96. The average molecular weight is 611 g/mol. The minimum atomic E-state index is -0.447. The van der Waals surface area contributed by atoms with E-state index in [4.69, 9.17) is 13.6 Å². The van der Waals surface area contributed by atoms with Crippen molar-refractivity contribution in [1.82, 2.24) is 9.80 Å². The van der Waals surface area contributed by atoms with Crippen LogP contribution >= 0.6 is 0 Å². The summed E-state index contributed by atoms with van der Waals surface area (Å²) in [6.45, 7) is 7.04. The Morgan fingerprint density at radius 2 is 1.61 bits per heavy atom. The van der Waals surface area contributed by atoms with Crippen LogP contribution in [0.5, 0.6) is 5.75 Å². The van der Waals surface area contributed by atoms with Crippen LogP contribution < -0.4 is 10.4 Å². The van der Waals surface area contributed by atoms with Crippen molar-refractivity contribution in [2.24, 2.45) is 0 Å². The number of ether oxygens (including phenoxy) is 1. The summed E-state index contributed by atoms with van der Waals surface area (Å²) in [7, 11) is 0. The summed E-state index contributed by atoms with van der Waals surface area (Å²) in [5.74, 6) is 0.539. The summed E-state index contributed by atoms with van der Waals surface area (Å²) < 4.78 is 18.1. The van der Waals surface area contributed by atoms with Gasteiger partial charge in [0.05, 0.1) is 5.39 Å². The molecule has 0 bridgehead atoms. The SMILES string of the molecule is Cc1cc(=O)oc2c1ccc1oc(C(=O)c3cccc(OCCN4CCN(/C=C/c5ccccc5)CC4)c3)c(-c3ccccc3)c12. The van der Waals surface area contributed by atoms with Gasteiger partial charge in [0.25, 0.3) is 0 Å². The van der Waals surface area contributed by atoms with Gasteiger partial charge in [-0.25, -0.2) is 4.79 Å². The van der Waals surface area contributed by atoms with Crippen LogP contribution in [0.1, 0.15) is 27.2 Å². The molecule has 1 aliphatic rings. The second-order valence-corrected chi connectivity index (χ2v) is 11.5. The van der Waals surface area contributed by atoms with Gasteiger partial charge in [-0.05, 0) is 60.2 Å². The van der Waals surface area contributed by atoms with Crippen LogP contribution in [-0.4, -0.2) is 54.9 Å². The minimum Gasteiger partial charge on any atom is -0.492 e. The summed E-state index contributed by atoms with van der Waals surface area (Å²) in [5.41, 5.74) is 4.29. The van der Waals surface area contributed by atoms with Gasteiger partial charge < -0.3 is 18.5 Å². The van der Waals surface area contributed by atoms with Crippen molar-refractivity contribution in [2.45, 2.75) is 6.92 Å². The molecule has 1 saturated heterocycles. The molecule has 2 aromatic heterocycles. The van der Waals surface area contributed by atoms with Gasteiger partial charge in [-0.2, -0.15) is 0 Å². The standard InChI is InChI=1S/C39H34N2O5/c1-27-25-34(42)46-38-32(27)15-16-33-36(38)35(29-11-6-3-7-12-29)39(45-33)37(43)30-13-8-14-31(26-30)44-24-23-41-21-19-40(20-22-41)18-17-28-9-4-2-5-10-28/h2-18,25-26H,19-24H2,1H3/b18-17+. The molecule has 7 rings (SSSR count). The van der Waals surface area contributed by atoms with Gasteiger partial charge in [-0.3, -0.25) is 9.69 Å². The predicted molar refractivity (Wildman–Crippen MR) is 181 cm³/mol. The first kappa shape index (κ1) is 29.3. The smallest absolute Gasteiger partial charge is 0.336 e. The fourth-order valence-electron chi connectivity index (χ4n) is 6.04. The summed E-state index contributed by atoms with van der Waals surface area (Å²) in [5, 5.41) is 1.40. The Morgan fingerprint density at radius 3 is 2.39 bits per heavy atom. The molecule has 6 aromatic rings. The van der Waals surface area contributed by atoms with Gasteiger partial charge in [0.2, 0.25) is 5.78 Å². The van der Waals surface area contributed by atoms with E-state index in [-0.39, 0.29) is 11.5 Å².